The summed E-state index contributed by atoms with van der Waals surface area (Å²) in [5.41, 5.74) is 4.09. The first kappa shape index (κ1) is 16.5. The molecule has 2 aliphatic rings. The van der Waals surface area contributed by atoms with Crippen LogP contribution in [0.15, 0.2) is 29.2 Å². The molecule has 1 saturated heterocycles. The van der Waals surface area contributed by atoms with Gasteiger partial charge in [-0.05, 0) is 51.2 Å². The van der Waals surface area contributed by atoms with Gasteiger partial charge in [0.15, 0.2) is 9.84 Å². The zero-order valence-electron chi connectivity index (χ0n) is 14.7. The zero-order valence-corrected chi connectivity index (χ0v) is 15.5. The van der Waals surface area contributed by atoms with Crippen LogP contribution in [-0.4, -0.2) is 37.2 Å². The topological polar surface area (TPSA) is 63.2 Å². The molecule has 0 saturated carbocycles. The Balaban J connectivity index is 1.86. The van der Waals surface area contributed by atoms with Crippen LogP contribution in [0.5, 0.6) is 0 Å². The quantitative estimate of drug-likeness (QED) is 0.845. The number of aryl methyl sites for hydroxylation is 1. The number of rotatable bonds is 3. The van der Waals surface area contributed by atoms with Gasteiger partial charge in [-0.1, -0.05) is 12.1 Å². The second-order valence-electron chi connectivity index (χ2n) is 7.14. The molecule has 0 amide bonds. The van der Waals surface area contributed by atoms with E-state index in [1.807, 2.05) is 6.07 Å². The Morgan fingerprint density at radius 3 is 2.72 bits per heavy atom. The van der Waals surface area contributed by atoms with Gasteiger partial charge in [-0.2, -0.15) is 0 Å². The lowest BCUT2D eigenvalue weighted by Gasteiger charge is -2.23. The van der Waals surface area contributed by atoms with Crippen LogP contribution in [-0.2, 0) is 22.7 Å². The molecule has 1 atom stereocenters. The van der Waals surface area contributed by atoms with E-state index < -0.39 is 9.84 Å². The van der Waals surface area contributed by atoms with Crippen LogP contribution >= 0.6 is 0 Å². The van der Waals surface area contributed by atoms with E-state index in [1.165, 1.54) is 24.7 Å². The lowest BCUT2D eigenvalue weighted by molar-refractivity contribution is 0.602. The van der Waals surface area contributed by atoms with Gasteiger partial charge in [-0.3, -0.25) is 0 Å². The van der Waals surface area contributed by atoms with Gasteiger partial charge in [0.2, 0.25) is 5.95 Å². The molecule has 0 bridgehead atoms. The summed E-state index contributed by atoms with van der Waals surface area (Å²) >= 11 is 0. The Labute approximate surface area is 149 Å². The lowest BCUT2D eigenvalue weighted by Crippen LogP contribution is -2.28. The molecule has 132 valence electrons. The fraction of sp³-hybridized carbons (Fsp3) is 0.474. The van der Waals surface area contributed by atoms with Crippen molar-refractivity contribution in [2.24, 2.45) is 0 Å². The highest BCUT2D eigenvalue weighted by Crippen LogP contribution is 2.34. The smallest absolute Gasteiger partial charge is 0.226 e. The van der Waals surface area contributed by atoms with Crippen molar-refractivity contribution in [2.75, 3.05) is 17.7 Å². The maximum Gasteiger partial charge on any atom is 0.226 e. The first-order valence-electron chi connectivity index (χ1n) is 8.90. The van der Waals surface area contributed by atoms with Crippen molar-refractivity contribution < 1.29 is 8.42 Å². The highest BCUT2D eigenvalue weighted by molar-refractivity contribution is 7.90. The molecule has 0 radical (unpaired) electrons. The van der Waals surface area contributed by atoms with Gasteiger partial charge >= 0.3 is 0 Å². The summed E-state index contributed by atoms with van der Waals surface area (Å²) in [7, 11) is -3.24. The molecule has 2 heterocycles. The lowest BCUT2D eigenvalue weighted by atomic mass is 10.1. The van der Waals surface area contributed by atoms with Gasteiger partial charge < -0.3 is 4.90 Å². The molecule has 1 aromatic heterocycles. The van der Waals surface area contributed by atoms with E-state index in [1.54, 1.807) is 18.2 Å². The Morgan fingerprint density at radius 2 is 2.00 bits per heavy atom. The minimum atomic E-state index is -3.24. The molecule has 0 unspecified atom stereocenters. The predicted octanol–water partition coefficient (Wildman–Crippen LogP) is 3.02. The number of hydrogen-bond acceptors (Lipinski definition) is 5. The number of sulfone groups is 1. The SMILES string of the molecule is C[C@H]1CCCN1c1nc2c(c(-c3cccc(S(C)(=O)=O)c3)n1)CCC2. The maximum absolute atomic E-state index is 11.9. The summed E-state index contributed by atoms with van der Waals surface area (Å²) in [6, 6.07) is 7.59. The molecule has 25 heavy (non-hydrogen) atoms. The Hall–Kier alpha value is -1.95. The van der Waals surface area contributed by atoms with E-state index in [0.717, 1.165) is 48.7 Å². The molecule has 4 rings (SSSR count). The first-order valence-corrected chi connectivity index (χ1v) is 10.8. The Morgan fingerprint density at radius 1 is 1.16 bits per heavy atom. The van der Waals surface area contributed by atoms with Crippen molar-refractivity contribution in [1.29, 1.82) is 0 Å². The van der Waals surface area contributed by atoms with Crippen molar-refractivity contribution >= 4 is 15.8 Å². The first-order chi connectivity index (χ1) is 11.9. The Kier molecular flexibility index (Phi) is 4.02. The average Bonchev–Trinajstić information content (AvgIpc) is 3.21. The number of hydrogen-bond donors (Lipinski definition) is 0. The van der Waals surface area contributed by atoms with Gasteiger partial charge in [-0.25, -0.2) is 18.4 Å². The van der Waals surface area contributed by atoms with Crippen LogP contribution in [0.4, 0.5) is 5.95 Å². The van der Waals surface area contributed by atoms with E-state index >= 15 is 0 Å². The third-order valence-electron chi connectivity index (χ3n) is 5.27. The molecule has 1 fully saturated rings. The summed E-state index contributed by atoms with van der Waals surface area (Å²) < 4.78 is 23.9. The van der Waals surface area contributed by atoms with Gasteiger partial charge in [0, 0.05) is 35.7 Å². The predicted molar refractivity (Wildman–Crippen MR) is 98.6 cm³/mol. The number of aromatic nitrogens is 2. The highest BCUT2D eigenvalue weighted by Gasteiger charge is 2.27. The van der Waals surface area contributed by atoms with E-state index in [0.29, 0.717) is 10.9 Å². The number of fused-ring (bicyclic) bond motifs is 1. The zero-order chi connectivity index (χ0) is 17.6. The number of nitrogens with zero attached hydrogens (tertiary/aromatic N) is 3. The van der Waals surface area contributed by atoms with Crippen LogP contribution in [0.25, 0.3) is 11.3 Å². The fourth-order valence-electron chi connectivity index (χ4n) is 3.89. The van der Waals surface area contributed by atoms with Crippen molar-refractivity contribution in [3.05, 3.63) is 35.5 Å². The molecule has 1 aromatic carbocycles. The van der Waals surface area contributed by atoms with Crippen LogP contribution < -0.4 is 4.90 Å². The molecule has 1 aliphatic carbocycles. The molecule has 0 spiro atoms. The molecule has 0 N–H and O–H groups in total. The van der Waals surface area contributed by atoms with Gasteiger partial charge in [0.05, 0.1) is 10.6 Å². The van der Waals surface area contributed by atoms with E-state index in [4.69, 9.17) is 9.97 Å². The molecular weight excluding hydrogens is 334 g/mol. The molecule has 5 nitrogen and oxygen atoms in total. The van der Waals surface area contributed by atoms with Gasteiger partial charge in [0.25, 0.3) is 0 Å². The Bertz CT molecular complexity index is 924. The summed E-state index contributed by atoms with van der Waals surface area (Å²) in [5.74, 6) is 0.797. The third-order valence-corrected chi connectivity index (χ3v) is 6.38. The average molecular weight is 357 g/mol. The summed E-state index contributed by atoms with van der Waals surface area (Å²) in [4.78, 5) is 12.3. The number of anilines is 1. The third kappa shape index (κ3) is 3.03. The normalized spacial score (nSPS) is 20.1. The molecular formula is C19H23N3O2S. The van der Waals surface area contributed by atoms with Crippen molar-refractivity contribution in [3.63, 3.8) is 0 Å². The largest absolute Gasteiger partial charge is 0.338 e. The van der Waals surface area contributed by atoms with Gasteiger partial charge in [0.1, 0.15) is 0 Å². The standard InChI is InChI=1S/C19H23N3O2S/c1-13-6-5-11-22(13)19-20-17-10-4-9-16(17)18(21-19)14-7-3-8-15(12-14)25(2,23)24/h3,7-8,12-13H,4-6,9-11H2,1-2H3/t13-/m0/s1. The summed E-state index contributed by atoms with van der Waals surface area (Å²) in [5, 5.41) is 0. The summed E-state index contributed by atoms with van der Waals surface area (Å²) in [6.07, 6.45) is 6.60. The second kappa shape index (κ2) is 6.09. The van der Waals surface area contributed by atoms with Crippen molar-refractivity contribution in [3.8, 4) is 11.3 Å². The maximum atomic E-state index is 11.9. The highest BCUT2D eigenvalue weighted by atomic mass is 32.2. The van der Waals surface area contributed by atoms with E-state index in [-0.39, 0.29) is 0 Å². The molecule has 1 aliphatic heterocycles. The van der Waals surface area contributed by atoms with Crippen LogP contribution in [0, 0.1) is 0 Å². The van der Waals surface area contributed by atoms with Crippen LogP contribution in [0.3, 0.4) is 0 Å². The van der Waals surface area contributed by atoms with Crippen LogP contribution in [0.1, 0.15) is 37.4 Å². The second-order valence-corrected chi connectivity index (χ2v) is 9.15. The van der Waals surface area contributed by atoms with Crippen LogP contribution in [0.2, 0.25) is 0 Å². The van der Waals surface area contributed by atoms with Crippen molar-refractivity contribution in [2.45, 2.75) is 50.0 Å². The molecule has 2 aromatic rings. The minimum Gasteiger partial charge on any atom is -0.338 e. The van der Waals surface area contributed by atoms with E-state index in [9.17, 15) is 8.42 Å². The summed E-state index contributed by atoms with van der Waals surface area (Å²) in [6.45, 7) is 3.20. The minimum absolute atomic E-state index is 0.339. The van der Waals surface area contributed by atoms with E-state index in [2.05, 4.69) is 11.8 Å². The molecule has 6 heteroatoms. The monoisotopic (exact) mass is 357 g/mol. The van der Waals surface area contributed by atoms with Gasteiger partial charge in [-0.15, -0.1) is 0 Å². The fourth-order valence-corrected chi connectivity index (χ4v) is 4.56. The number of benzene rings is 1. The van der Waals surface area contributed by atoms with Crippen molar-refractivity contribution in [1.82, 2.24) is 9.97 Å².